The SMILES string of the molecule is CCOC(=O)C(C)(C)Oc1ccc(CNC(=O)c2cnc(-c3ccc(C(F)(F)F)cc3)nc2C(F)(F)F)c(Cl)c1. The van der Waals surface area contributed by atoms with Gasteiger partial charge in [0.25, 0.3) is 5.91 Å². The summed E-state index contributed by atoms with van der Waals surface area (Å²) in [6.45, 7) is 4.51. The molecule has 0 unspecified atom stereocenters. The minimum absolute atomic E-state index is 0.0994. The van der Waals surface area contributed by atoms with Crippen LogP contribution in [0.4, 0.5) is 26.3 Å². The predicted molar refractivity (Wildman–Crippen MR) is 131 cm³/mol. The van der Waals surface area contributed by atoms with Crippen LogP contribution in [0.5, 0.6) is 5.75 Å². The third-order valence-corrected chi connectivity index (χ3v) is 5.73. The molecule has 0 aliphatic heterocycles. The van der Waals surface area contributed by atoms with Gasteiger partial charge >= 0.3 is 18.3 Å². The van der Waals surface area contributed by atoms with Gasteiger partial charge in [-0.1, -0.05) is 29.8 Å². The maximum Gasteiger partial charge on any atom is 0.434 e. The molecule has 0 saturated carbocycles. The zero-order valence-electron chi connectivity index (χ0n) is 21.2. The number of nitrogens with one attached hydrogen (secondary N) is 1. The van der Waals surface area contributed by atoms with E-state index in [9.17, 15) is 35.9 Å². The van der Waals surface area contributed by atoms with Gasteiger partial charge in [0.2, 0.25) is 0 Å². The summed E-state index contributed by atoms with van der Waals surface area (Å²) in [6.07, 6.45) is -9.05. The van der Waals surface area contributed by atoms with Crippen LogP contribution >= 0.6 is 11.6 Å². The topological polar surface area (TPSA) is 90.4 Å². The highest BCUT2D eigenvalue weighted by atomic mass is 35.5. The second-order valence-corrected chi connectivity index (χ2v) is 9.20. The van der Waals surface area contributed by atoms with Gasteiger partial charge in [-0.15, -0.1) is 0 Å². The fraction of sp³-hybridized carbons (Fsp3) is 0.308. The smallest absolute Gasteiger partial charge is 0.434 e. The van der Waals surface area contributed by atoms with Crippen molar-refractivity contribution in [2.24, 2.45) is 0 Å². The number of hydrogen-bond acceptors (Lipinski definition) is 6. The molecular formula is C26H22ClF6N3O4. The van der Waals surface area contributed by atoms with E-state index < -0.39 is 52.5 Å². The number of ether oxygens (including phenoxy) is 2. The Bertz CT molecular complexity index is 1390. The molecule has 2 aromatic carbocycles. The molecule has 40 heavy (non-hydrogen) atoms. The Morgan fingerprint density at radius 3 is 2.17 bits per heavy atom. The van der Waals surface area contributed by atoms with Gasteiger partial charge in [0.15, 0.2) is 17.1 Å². The summed E-state index contributed by atoms with van der Waals surface area (Å²) in [7, 11) is 0. The third-order valence-electron chi connectivity index (χ3n) is 5.38. The molecule has 0 aliphatic carbocycles. The summed E-state index contributed by atoms with van der Waals surface area (Å²) in [6, 6.07) is 7.51. The number of benzene rings is 2. The Kier molecular flexibility index (Phi) is 8.97. The largest absolute Gasteiger partial charge is 0.476 e. The van der Waals surface area contributed by atoms with E-state index >= 15 is 0 Å². The quantitative estimate of drug-likeness (QED) is 0.239. The first-order chi connectivity index (χ1) is 18.5. The molecule has 1 heterocycles. The van der Waals surface area contributed by atoms with Gasteiger partial charge in [0.05, 0.1) is 17.7 Å². The van der Waals surface area contributed by atoms with Crippen LogP contribution in [0.25, 0.3) is 11.4 Å². The number of halogens is 7. The van der Waals surface area contributed by atoms with Crippen LogP contribution in [0, 0.1) is 0 Å². The Hall–Kier alpha value is -3.87. The van der Waals surface area contributed by atoms with Gasteiger partial charge in [-0.05, 0) is 50.6 Å². The van der Waals surface area contributed by atoms with Gasteiger partial charge in [-0.25, -0.2) is 14.8 Å². The molecule has 0 fully saturated rings. The van der Waals surface area contributed by atoms with Crippen LogP contribution in [0.2, 0.25) is 5.02 Å². The van der Waals surface area contributed by atoms with Gasteiger partial charge in [-0.3, -0.25) is 4.79 Å². The minimum Gasteiger partial charge on any atom is -0.476 e. The predicted octanol–water partition coefficient (Wildman–Crippen LogP) is 6.49. The number of aromatic nitrogens is 2. The van der Waals surface area contributed by atoms with Crippen molar-refractivity contribution in [3.05, 3.63) is 76.1 Å². The van der Waals surface area contributed by atoms with Crippen molar-refractivity contribution in [2.45, 2.75) is 45.3 Å². The minimum atomic E-state index is -5.07. The van der Waals surface area contributed by atoms with Crippen LogP contribution in [-0.4, -0.2) is 34.1 Å². The standard InChI is InChI=1S/C26H22ClF6N3O4/c1-4-39-23(38)24(2,3)40-17-10-7-15(19(27)11-17)12-35-22(37)18-13-34-21(36-20(18)26(31,32)33)14-5-8-16(9-6-14)25(28,29)30/h5-11,13H,4,12H2,1-3H3,(H,35,37). The lowest BCUT2D eigenvalue weighted by atomic mass is 10.1. The van der Waals surface area contributed by atoms with Crippen LogP contribution in [-0.2, 0) is 28.4 Å². The highest BCUT2D eigenvalue weighted by Crippen LogP contribution is 2.34. The highest BCUT2D eigenvalue weighted by molar-refractivity contribution is 6.31. The first-order valence-corrected chi connectivity index (χ1v) is 12.0. The molecule has 1 N–H and O–H groups in total. The molecule has 0 saturated heterocycles. The summed E-state index contributed by atoms with van der Waals surface area (Å²) < 4.78 is 90.2. The van der Waals surface area contributed by atoms with E-state index in [2.05, 4.69) is 15.3 Å². The monoisotopic (exact) mass is 589 g/mol. The molecule has 0 aliphatic rings. The van der Waals surface area contributed by atoms with Crippen molar-refractivity contribution in [1.82, 2.24) is 15.3 Å². The molecule has 0 bridgehead atoms. The van der Waals surface area contributed by atoms with Crippen LogP contribution in [0.15, 0.2) is 48.7 Å². The Morgan fingerprint density at radius 2 is 1.62 bits per heavy atom. The normalized spacial score (nSPS) is 12.2. The van der Waals surface area contributed by atoms with E-state index in [4.69, 9.17) is 21.1 Å². The van der Waals surface area contributed by atoms with E-state index in [1.165, 1.54) is 32.0 Å². The zero-order chi connectivity index (χ0) is 29.9. The fourth-order valence-electron chi connectivity index (χ4n) is 3.36. The van der Waals surface area contributed by atoms with Gasteiger partial charge in [0, 0.05) is 23.3 Å². The number of amides is 1. The molecule has 214 valence electrons. The van der Waals surface area contributed by atoms with Gasteiger partial charge in [0.1, 0.15) is 5.75 Å². The summed E-state index contributed by atoms with van der Waals surface area (Å²) in [5.74, 6) is -2.06. The molecule has 0 spiro atoms. The molecular weight excluding hydrogens is 568 g/mol. The van der Waals surface area contributed by atoms with E-state index in [1.54, 1.807) is 6.92 Å². The van der Waals surface area contributed by atoms with Gasteiger partial charge in [-0.2, -0.15) is 26.3 Å². The van der Waals surface area contributed by atoms with Crippen molar-refractivity contribution >= 4 is 23.5 Å². The summed E-state index contributed by atoms with van der Waals surface area (Å²) in [5.41, 5.74) is -4.56. The average Bonchev–Trinajstić information content (AvgIpc) is 2.86. The van der Waals surface area contributed by atoms with Crippen LogP contribution < -0.4 is 10.1 Å². The molecule has 7 nitrogen and oxygen atoms in total. The summed E-state index contributed by atoms with van der Waals surface area (Å²) in [4.78, 5) is 31.8. The first kappa shape index (κ1) is 30.7. The second kappa shape index (κ2) is 11.7. The average molecular weight is 590 g/mol. The Labute approximate surface area is 229 Å². The number of rotatable bonds is 8. The molecule has 0 atom stereocenters. The first-order valence-electron chi connectivity index (χ1n) is 11.6. The van der Waals surface area contributed by atoms with Crippen LogP contribution in [0.3, 0.4) is 0 Å². The van der Waals surface area contributed by atoms with E-state index in [-0.39, 0.29) is 29.5 Å². The molecule has 0 radical (unpaired) electrons. The summed E-state index contributed by atoms with van der Waals surface area (Å²) in [5, 5.41) is 2.41. The third kappa shape index (κ3) is 7.40. The molecule has 1 amide bonds. The molecule has 1 aromatic heterocycles. The Morgan fingerprint density at radius 1 is 0.975 bits per heavy atom. The van der Waals surface area contributed by atoms with E-state index in [1.807, 2.05) is 0 Å². The lowest BCUT2D eigenvalue weighted by Gasteiger charge is -2.24. The van der Waals surface area contributed by atoms with Crippen molar-refractivity contribution < 1.29 is 45.4 Å². The van der Waals surface area contributed by atoms with Crippen molar-refractivity contribution in [3.63, 3.8) is 0 Å². The highest BCUT2D eigenvalue weighted by Gasteiger charge is 2.38. The molecule has 3 rings (SSSR count). The number of alkyl halides is 6. The van der Waals surface area contributed by atoms with Gasteiger partial charge < -0.3 is 14.8 Å². The van der Waals surface area contributed by atoms with Crippen LogP contribution in [0.1, 0.15) is 48.0 Å². The zero-order valence-corrected chi connectivity index (χ0v) is 22.0. The maximum absolute atomic E-state index is 13.8. The van der Waals surface area contributed by atoms with Crippen molar-refractivity contribution in [2.75, 3.05) is 6.61 Å². The van der Waals surface area contributed by atoms with Crippen molar-refractivity contribution in [3.8, 4) is 17.1 Å². The number of hydrogen-bond donors (Lipinski definition) is 1. The molecule has 14 heteroatoms. The second-order valence-electron chi connectivity index (χ2n) is 8.80. The lowest BCUT2D eigenvalue weighted by Crippen LogP contribution is -2.39. The summed E-state index contributed by atoms with van der Waals surface area (Å²) >= 11 is 6.24. The lowest BCUT2D eigenvalue weighted by molar-refractivity contribution is -0.158. The van der Waals surface area contributed by atoms with E-state index in [0.717, 1.165) is 12.1 Å². The Balaban J connectivity index is 1.78. The number of carbonyl (C=O) groups excluding carboxylic acids is 2. The number of esters is 1. The van der Waals surface area contributed by atoms with E-state index in [0.29, 0.717) is 23.9 Å². The molecule has 3 aromatic rings. The number of nitrogens with zero attached hydrogens (tertiary/aromatic N) is 2. The van der Waals surface area contributed by atoms with Crippen molar-refractivity contribution in [1.29, 1.82) is 0 Å². The maximum atomic E-state index is 13.8. The fourth-order valence-corrected chi connectivity index (χ4v) is 3.60. The number of carbonyl (C=O) groups is 2.